The van der Waals surface area contributed by atoms with E-state index in [4.69, 9.17) is 0 Å². The Balaban J connectivity index is 2.16. The zero-order valence-electron chi connectivity index (χ0n) is 12.8. The number of benzene rings is 1. The number of carbonyl (C=O) groups is 1. The Labute approximate surface area is 127 Å². The second-order valence-electron chi connectivity index (χ2n) is 5.91. The average molecular weight is 284 g/mol. The Bertz CT molecular complexity index is 496. The van der Waals surface area contributed by atoms with Crippen LogP contribution in [0.1, 0.15) is 51.0 Å². The van der Waals surface area contributed by atoms with Gasteiger partial charge in [-0.3, -0.25) is 4.79 Å². The van der Waals surface area contributed by atoms with Gasteiger partial charge in [0.05, 0.1) is 6.07 Å². The molecule has 1 amide bonds. The van der Waals surface area contributed by atoms with E-state index >= 15 is 0 Å². The summed E-state index contributed by atoms with van der Waals surface area (Å²) in [7, 11) is 0. The highest BCUT2D eigenvalue weighted by molar-refractivity contribution is 5.85. The topological polar surface area (TPSA) is 44.1 Å². The molecule has 3 nitrogen and oxygen atoms in total. The van der Waals surface area contributed by atoms with E-state index in [1.807, 2.05) is 42.2 Å². The molecule has 21 heavy (non-hydrogen) atoms. The fourth-order valence-electron chi connectivity index (χ4n) is 3.14. The number of carbonyl (C=O) groups excluding carboxylic acids is 1. The van der Waals surface area contributed by atoms with E-state index in [-0.39, 0.29) is 5.91 Å². The molecule has 0 unspecified atom stereocenters. The second kappa shape index (κ2) is 7.26. The van der Waals surface area contributed by atoms with E-state index in [2.05, 4.69) is 6.07 Å². The van der Waals surface area contributed by atoms with Crippen molar-refractivity contribution in [1.29, 1.82) is 5.26 Å². The monoisotopic (exact) mass is 284 g/mol. The Morgan fingerprint density at radius 1 is 1.19 bits per heavy atom. The third kappa shape index (κ3) is 3.64. The first-order chi connectivity index (χ1) is 10.2. The van der Waals surface area contributed by atoms with Gasteiger partial charge in [-0.05, 0) is 25.3 Å². The van der Waals surface area contributed by atoms with Gasteiger partial charge in [0.1, 0.15) is 5.41 Å². The molecule has 1 saturated carbocycles. The molecule has 3 heteroatoms. The lowest BCUT2D eigenvalue weighted by atomic mass is 9.80. The molecular formula is C18H24N2O. The van der Waals surface area contributed by atoms with Crippen LogP contribution in [0.4, 0.5) is 0 Å². The summed E-state index contributed by atoms with van der Waals surface area (Å²) >= 11 is 0. The fourth-order valence-corrected chi connectivity index (χ4v) is 3.14. The third-order valence-electron chi connectivity index (χ3n) is 4.47. The number of hydrogen-bond acceptors (Lipinski definition) is 2. The standard InChI is InChI=1S/C18H24N2O/c1-2-20(14-16-10-6-5-7-11-16)17(21)18(15-19)12-8-3-4-9-13-18/h5-7,10-11H,2-4,8-9,12-14H2,1H3. The maximum absolute atomic E-state index is 12.9. The summed E-state index contributed by atoms with van der Waals surface area (Å²) in [4.78, 5) is 14.8. The van der Waals surface area contributed by atoms with Crippen LogP contribution in [-0.2, 0) is 11.3 Å². The minimum absolute atomic E-state index is 0.0262. The zero-order chi connectivity index (χ0) is 15.1. The van der Waals surface area contributed by atoms with E-state index in [0.717, 1.165) is 31.2 Å². The van der Waals surface area contributed by atoms with Gasteiger partial charge in [0.25, 0.3) is 0 Å². The highest BCUT2D eigenvalue weighted by Gasteiger charge is 2.41. The molecule has 0 bridgehead atoms. The minimum atomic E-state index is -0.790. The summed E-state index contributed by atoms with van der Waals surface area (Å²) in [5.74, 6) is 0.0262. The minimum Gasteiger partial charge on any atom is -0.337 e. The maximum Gasteiger partial charge on any atom is 0.243 e. The summed E-state index contributed by atoms with van der Waals surface area (Å²) < 4.78 is 0. The van der Waals surface area contributed by atoms with Crippen molar-refractivity contribution in [3.05, 3.63) is 35.9 Å². The summed E-state index contributed by atoms with van der Waals surface area (Å²) in [6.45, 7) is 3.24. The molecule has 0 aliphatic heterocycles. The van der Waals surface area contributed by atoms with Crippen molar-refractivity contribution in [2.24, 2.45) is 5.41 Å². The fraction of sp³-hybridized carbons (Fsp3) is 0.556. The molecule has 0 saturated heterocycles. The molecule has 0 atom stereocenters. The molecule has 1 aromatic carbocycles. The van der Waals surface area contributed by atoms with Crippen LogP contribution in [0.3, 0.4) is 0 Å². The van der Waals surface area contributed by atoms with Gasteiger partial charge in [0.2, 0.25) is 5.91 Å². The molecular weight excluding hydrogens is 260 g/mol. The zero-order valence-corrected chi connectivity index (χ0v) is 12.8. The van der Waals surface area contributed by atoms with Gasteiger partial charge in [-0.1, -0.05) is 56.0 Å². The van der Waals surface area contributed by atoms with Crippen molar-refractivity contribution < 1.29 is 4.79 Å². The van der Waals surface area contributed by atoms with Gasteiger partial charge >= 0.3 is 0 Å². The second-order valence-corrected chi connectivity index (χ2v) is 5.91. The largest absolute Gasteiger partial charge is 0.337 e. The molecule has 2 rings (SSSR count). The first kappa shape index (κ1) is 15.6. The summed E-state index contributed by atoms with van der Waals surface area (Å²) in [6, 6.07) is 12.4. The van der Waals surface area contributed by atoms with E-state index < -0.39 is 5.41 Å². The van der Waals surface area contributed by atoms with Crippen LogP contribution < -0.4 is 0 Å². The molecule has 0 radical (unpaired) electrons. The lowest BCUT2D eigenvalue weighted by molar-refractivity contribution is -0.140. The van der Waals surface area contributed by atoms with E-state index in [1.54, 1.807) is 0 Å². The van der Waals surface area contributed by atoms with E-state index in [9.17, 15) is 10.1 Å². The molecule has 0 spiro atoms. The highest BCUT2D eigenvalue weighted by atomic mass is 16.2. The molecule has 1 fully saturated rings. The molecule has 0 heterocycles. The number of nitriles is 1. The van der Waals surface area contributed by atoms with Gasteiger partial charge < -0.3 is 4.90 Å². The predicted molar refractivity (Wildman–Crippen MR) is 83.3 cm³/mol. The van der Waals surface area contributed by atoms with Crippen molar-refractivity contribution in [3.8, 4) is 6.07 Å². The number of hydrogen-bond donors (Lipinski definition) is 0. The molecule has 1 aliphatic rings. The third-order valence-corrected chi connectivity index (χ3v) is 4.47. The van der Waals surface area contributed by atoms with Crippen LogP contribution in [0.25, 0.3) is 0 Å². The molecule has 0 N–H and O–H groups in total. The van der Waals surface area contributed by atoms with Crippen molar-refractivity contribution in [2.45, 2.75) is 52.0 Å². The van der Waals surface area contributed by atoms with Crippen LogP contribution >= 0.6 is 0 Å². The smallest absolute Gasteiger partial charge is 0.243 e. The van der Waals surface area contributed by atoms with Crippen molar-refractivity contribution in [3.63, 3.8) is 0 Å². The molecule has 112 valence electrons. The SMILES string of the molecule is CCN(Cc1ccccc1)C(=O)C1(C#N)CCCCCC1. The number of rotatable bonds is 4. The van der Waals surface area contributed by atoms with Gasteiger partial charge in [-0.2, -0.15) is 5.26 Å². The molecule has 1 aromatic rings. The van der Waals surface area contributed by atoms with E-state index in [1.165, 1.54) is 0 Å². The maximum atomic E-state index is 12.9. The Morgan fingerprint density at radius 3 is 2.33 bits per heavy atom. The van der Waals surface area contributed by atoms with Crippen molar-refractivity contribution in [1.82, 2.24) is 4.90 Å². The van der Waals surface area contributed by atoms with E-state index in [0.29, 0.717) is 25.9 Å². The normalized spacial score (nSPS) is 17.5. The van der Waals surface area contributed by atoms with Crippen molar-refractivity contribution in [2.75, 3.05) is 6.54 Å². The summed E-state index contributed by atoms with van der Waals surface area (Å²) in [6.07, 6.45) is 5.69. The lowest BCUT2D eigenvalue weighted by Crippen LogP contribution is -2.42. The van der Waals surface area contributed by atoms with Crippen LogP contribution in [0.5, 0.6) is 0 Å². The Kier molecular flexibility index (Phi) is 5.38. The van der Waals surface area contributed by atoms with Crippen LogP contribution in [-0.4, -0.2) is 17.4 Å². The summed E-state index contributed by atoms with van der Waals surface area (Å²) in [5.41, 5.74) is 0.329. The quantitative estimate of drug-likeness (QED) is 0.787. The first-order valence-electron chi connectivity index (χ1n) is 7.96. The lowest BCUT2D eigenvalue weighted by Gasteiger charge is -2.31. The number of amides is 1. The van der Waals surface area contributed by atoms with Gasteiger partial charge in [-0.15, -0.1) is 0 Å². The highest BCUT2D eigenvalue weighted by Crippen LogP contribution is 2.36. The van der Waals surface area contributed by atoms with Gasteiger partial charge in [0, 0.05) is 13.1 Å². The molecule has 0 aromatic heterocycles. The summed E-state index contributed by atoms with van der Waals surface area (Å²) in [5, 5.41) is 9.65. The Hall–Kier alpha value is -1.82. The molecule has 1 aliphatic carbocycles. The van der Waals surface area contributed by atoms with Crippen LogP contribution in [0.2, 0.25) is 0 Å². The predicted octanol–water partition coefficient (Wildman–Crippen LogP) is 3.90. The van der Waals surface area contributed by atoms with Crippen LogP contribution in [0, 0.1) is 16.7 Å². The number of nitrogens with zero attached hydrogens (tertiary/aromatic N) is 2. The van der Waals surface area contributed by atoms with Crippen LogP contribution in [0.15, 0.2) is 30.3 Å². The Morgan fingerprint density at radius 2 is 1.81 bits per heavy atom. The first-order valence-corrected chi connectivity index (χ1v) is 7.96. The van der Waals surface area contributed by atoms with Gasteiger partial charge in [0.15, 0.2) is 0 Å². The average Bonchev–Trinajstić information content (AvgIpc) is 2.79. The van der Waals surface area contributed by atoms with Gasteiger partial charge in [-0.25, -0.2) is 0 Å². The van der Waals surface area contributed by atoms with Crippen molar-refractivity contribution >= 4 is 5.91 Å².